The van der Waals surface area contributed by atoms with Crippen molar-refractivity contribution in [3.8, 4) is 0 Å². The molecule has 1 aliphatic heterocycles. The summed E-state index contributed by atoms with van der Waals surface area (Å²) >= 11 is 0. The third-order valence-electron chi connectivity index (χ3n) is 3.76. The summed E-state index contributed by atoms with van der Waals surface area (Å²) in [4.78, 5) is 23.0. The molecule has 1 fully saturated rings. The van der Waals surface area contributed by atoms with Crippen molar-refractivity contribution in [2.75, 3.05) is 13.1 Å². The van der Waals surface area contributed by atoms with Crippen LogP contribution in [0.1, 0.15) is 25.0 Å². The summed E-state index contributed by atoms with van der Waals surface area (Å²) in [6.45, 7) is 3.83. The summed E-state index contributed by atoms with van der Waals surface area (Å²) in [5, 5.41) is 7.58. The van der Waals surface area contributed by atoms with E-state index >= 15 is 0 Å². The number of rotatable bonds is 4. The van der Waals surface area contributed by atoms with E-state index in [9.17, 15) is 22.8 Å². The van der Waals surface area contributed by atoms with Crippen LogP contribution in [0.25, 0.3) is 0 Å². The normalized spacial score (nSPS) is 18.3. The molecule has 126 valence electrons. The molecule has 2 rings (SSSR count). The number of nitrogens with one attached hydrogen (secondary N) is 3. The number of carbonyl (C=O) groups is 2. The third-order valence-corrected chi connectivity index (χ3v) is 3.76. The second kappa shape index (κ2) is 6.10. The lowest BCUT2D eigenvalue weighted by atomic mass is 9.83. The molecule has 0 aliphatic carbocycles. The number of alkyl halides is 3. The maximum atomic E-state index is 12.8. The molecule has 1 aromatic carbocycles. The Hall–Kier alpha value is -2.25. The Morgan fingerprint density at radius 1 is 1.30 bits per heavy atom. The van der Waals surface area contributed by atoms with Gasteiger partial charge in [0.05, 0.1) is 5.56 Å². The lowest BCUT2D eigenvalue weighted by Gasteiger charge is -2.27. The molecular weight excluding hydrogens is 311 g/mol. The maximum Gasteiger partial charge on any atom is 0.416 e. The zero-order valence-electron chi connectivity index (χ0n) is 12.8. The first-order valence-corrected chi connectivity index (χ1v) is 7.09. The van der Waals surface area contributed by atoms with Crippen LogP contribution in [0.5, 0.6) is 0 Å². The van der Waals surface area contributed by atoms with Gasteiger partial charge in [-0.3, -0.25) is 4.79 Å². The van der Waals surface area contributed by atoms with E-state index in [-0.39, 0.29) is 19.0 Å². The van der Waals surface area contributed by atoms with Crippen LogP contribution in [0.4, 0.5) is 18.0 Å². The number of hydrogen-bond donors (Lipinski definition) is 3. The first-order valence-electron chi connectivity index (χ1n) is 7.09. The van der Waals surface area contributed by atoms with Gasteiger partial charge in [-0.15, -0.1) is 0 Å². The Morgan fingerprint density at radius 3 is 2.52 bits per heavy atom. The summed E-state index contributed by atoms with van der Waals surface area (Å²) < 4.78 is 38.4. The second-order valence-electron chi connectivity index (χ2n) is 6.09. The number of urea groups is 1. The Morgan fingerprint density at radius 2 is 1.96 bits per heavy atom. The first kappa shape index (κ1) is 17.1. The number of hydrogen-bond acceptors (Lipinski definition) is 2. The van der Waals surface area contributed by atoms with Gasteiger partial charge in [-0.2, -0.15) is 13.2 Å². The molecule has 23 heavy (non-hydrogen) atoms. The molecule has 1 aromatic rings. The van der Waals surface area contributed by atoms with E-state index in [1.54, 1.807) is 19.9 Å². The average Bonchev–Trinajstić information content (AvgIpc) is 2.91. The largest absolute Gasteiger partial charge is 0.416 e. The number of halogens is 3. The van der Waals surface area contributed by atoms with Gasteiger partial charge in [0, 0.05) is 18.5 Å². The predicted octanol–water partition coefficient (Wildman–Crippen LogP) is 1.78. The van der Waals surface area contributed by atoms with Gasteiger partial charge in [-0.05, 0) is 11.6 Å². The minimum absolute atomic E-state index is 0.152. The quantitative estimate of drug-likeness (QED) is 0.788. The fourth-order valence-electron chi connectivity index (χ4n) is 2.26. The van der Waals surface area contributed by atoms with E-state index in [0.29, 0.717) is 5.56 Å². The van der Waals surface area contributed by atoms with E-state index < -0.39 is 29.2 Å². The molecule has 3 amide bonds. The highest BCUT2D eigenvalue weighted by atomic mass is 19.4. The monoisotopic (exact) mass is 329 g/mol. The number of carbonyl (C=O) groups excluding carboxylic acids is 2. The van der Waals surface area contributed by atoms with Gasteiger partial charge in [0.25, 0.3) is 0 Å². The molecule has 1 atom stereocenters. The minimum Gasteiger partial charge on any atom is -0.353 e. The molecule has 0 radical (unpaired) electrons. The molecule has 5 nitrogen and oxygen atoms in total. The fraction of sp³-hybridized carbons (Fsp3) is 0.467. The van der Waals surface area contributed by atoms with Crippen LogP contribution in [0.3, 0.4) is 0 Å². The minimum atomic E-state index is -4.41. The number of amides is 3. The Labute approximate surface area is 131 Å². The van der Waals surface area contributed by atoms with Crippen molar-refractivity contribution < 1.29 is 22.8 Å². The highest BCUT2D eigenvalue weighted by Crippen LogP contribution is 2.32. The molecule has 3 N–H and O–H groups in total. The average molecular weight is 329 g/mol. The summed E-state index contributed by atoms with van der Waals surface area (Å²) in [5.74, 6) is -0.372. The van der Waals surface area contributed by atoms with E-state index in [1.165, 1.54) is 6.07 Å². The van der Waals surface area contributed by atoms with Gasteiger partial charge < -0.3 is 16.0 Å². The van der Waals surface area contributed by atoms with Crippen molar-refractivity contribution in [3.63, 3.8) is 0 Å². The van der Waals surface area contributed by atoms with Crippen LogP contribution >= 0.6 is 0 Å². The van der Waals surface area contributed by atoms with Crippen LogP contribution in [0, 0.1) is 0 Å². The van der Waals surface area contributed by atoms with Crippen LogP contribution in [-0.2, 0) is 16.4 Å². The van der Waals surface area contributed by atoms with Gasteiger partial charge in [-0.25, -0.2) is 4.79 Å². The van der Waals surface area contributed by atoms with Gasteiger partial charge in [0.1, 0.15) is 6.04 Å². The number of benzene rings is 1. The highest BCUT2D eigenvalue weighted by molar-refractivity contribution is 5.90. The van der Waals surface area contributed by atoms with Crippen LogP contribution < -0.4 is 16.0 Å². The maximum absolute atomic E-state index is 12.8. The molecule has 1 aliphatic rings. The van der Waals surface area contributed by atoms with Crippen molar-refractivity contribution in [2.45, 2.75) is 31.5 Å². The van der Waals surface area contributed by atoms with Gasteiger partial charge in [0.15, 0.2) is 0 Å². The molecule has 0 aromatic heterocycles. The van der Waals surface area contributed by atoms with Gasteiger partial charge in [0.2, 0.25) is 5.91 Å². The third kappa shape index (κ3) is 4.14. The zero-order chi connectivity index (χ0) is 17.3. The standard InChI is InChI=1S/C15H18F3N3O2/c1-14(2,8-20-12(22)11-7-19-13(23)21-11)9-4-3-5-10(6-9)15(16,17)18/h3-6,11H,7-8H2,1-2H3,(H,20,22)(H2,19,21,23)/t11-/m1/s1. The van der Waals surface area contributed by atoms with Crippen molar-refractivity contribution in [1.29, 1.82) is 0 Å². The van der Waals surface area contributed by atoms with E-state index in [0.717, 1.165) is 12.1 Å². The second-order valence-corrected chi connectivity index (χ2v) is 6.09. The van der Waals surface area contributed by atoms with E-state index in [1.807, 2.05) is 0 Å². The van der Waals surface area contributed by atoms with Crippen molar-refractivity contribution in [2.24, 2.45) is 0 Å². The smallest absolute Gasteiger partial charge is 0.353 e. The SMILES string of the molecule is CC(C)(CNC(=O)[C@H]1CNC(=O)N1)c1cccc(C(F)(F)F)c1. The Bertz CT molecular complexity index is 614. The van der Waals surface area contributed by atoms with Gasteiger partial charge >= 0.3 is 12.2 Å². The van der Waals surface area contributed by atoms with Crippen LogP contribution in [0.2, 0.25) is 0 Å². The van der Waals surface area contributed by atoms with Crippen molar-refractivity contribution in [3.05, 3.63) is 35.4 Å². The molecule has 0 saturated carbocycles. The fourth-order valence-corrected chi connectivity index (χ4v) is 2.26. The Kier molecular flexibility index (Phi) is 4.53. The van der Waals surface area contributed by atoms with Crippen molar-refractivity contribution in [1.82, 2.24) is 16.0 Å². The molecule has 0 bridgehead atoms. The summed E-state index contributed by atoms with van der Waals surface area (Å²) in [7, 11) is 0. The summed E-state index contributed by atoms with van der Waals surface area (Å²) in [6.07, 6.45) is -4.41. The highest BCUT2D eigenvalue weighted by Gasteiger charge is 2.33. The molecular formula is C15H18F3N3O2. The van der Waals surface area contributed by atoms with Crippen LogP contribution in [-0.4, -0.2) is 31.1 Å². The predicted molar refractivity (Wildman–Crippen MR) is 77.8 cm³/mol. The Balaban J connectivity index is 2.04. The lowest BCUT2D eigenvalue weighted by Crippen LogP contribution is -2.46. The van der Waals surface area contributed by atoms with Crippen LogP contribution in [0.15, 0.2) is 24.3 Å². The molecule has 1 saturated heterocycles. The van der Waals surface area contributed by atoms with Crippen molar-refractivity contribution >= 4 is 11.9 Å². The lowest BCUT2D eigenvalue weighted by molar-refractivity contribution is -0.137. The topological polar surface area (TPSA) is 70.2 Å². The van der Waals surface area contributed by atoms with E-state index in [2.05, 4.69) is 16.0 Å². The van der Waals surface area contributed by atoms with Gasteiger partial charge in [-0.1, -0.05) is 32.0 Å². The molecule has 0 spiro atoms. The molecule has 0 unspecified atom stereocenters. The molecule has 8 heteroatoms. The summed E-state index contributed by atoms with van der Waals surface area (Å²) in [6, 6.07) is 3.97. The summed E-state index contributed by atoms with van der Waals surface area (Å²) in [5.41, 5.74) is -0.935. The first-order chi connectivity index (χ1) is 10.6. The van der Waals surface area contributed by atoms with E-state index in [4.69, 9.17) is 0 Å². The molecule has 1 heterocycles. The zero-order valence-corrected chi connectivity index (χ0v) is 12.8.